The highest BCUT2D eigenvalue weighted by Crippen LogP contribution is 2.40. The molecule has 0 saturated carbocycles. The number of nitrogen functional groups attached to an aromatic ring is 1. The van der Waals surface area contributed by atoms with E-state index in [4.69, 9.17) is 20.3 Å². The van der Waals surface area contributed by atoms with Crippen LogP contribution in [0.1, 0.15) is 10.4 Å². The second kappa shape index (κ2) is 7.78. The molecule has 0 atom stereocenters. The Kier molecular flexibility index (Phi) is 5.13. The van der Waals surface area contributed by atoms with Gasteiger partial charge in [-0.3, -0.25) is 0 Å². The fraction of sp³-hybridized carbons (Fsp3) is 0.0400. The van der Waals surface area contributed by atoms with Gasteiger partial charge in [-0.1, -0.05) is 36.4 Å². The van der Waals surface area contributed by atoms with Gasteiger partial charge in [0.15, 0.2) is 0 Å². The molecule has 31 heavy (non-hydrogen) atoms. The summed E-state index contributed by atoms with van der Waals surface area (Å²) in [6, 6.07) is 22.3. The maximum Gasteiger partial charge on any atom is 0.338 e. The Morgan fingerprint density at radius 1 is 0.968 bits per heavy atom. The van der Waals surface area contributed by atoms with Crippen molar-refractivity contribution in [2.24, 2.45) is 0 Å². The highest BCUT2D eigenvalue weighted by molar-refractivity contribution is 6.17. The molecule has 0 aliphatic carbocycles. The SMILES string of the molecule is COC(=O)c1ccccc1-c1c2ccc(N)cc2oc2c1ccc1cccc(=N)c12.Cl. The van der Waals surface area contributed by atoms with Crippen LogP contribution >= 0.6 is 12.4 Å². The molecule has 0 radical (unpaired) electrons. The van der Waals surface area contributed by atoms with Crippen molar-refractivity contribution in [3.63, 3.8) is 0 Å². The van der Waals surface area contributed by atoms with E-state index in [1.807, 2.05) is 54.6 Å². The zero-order valence-electron chi connectivity index (χ0n) is 16.6. The summed E-state index contributed by atoms with van der Waals surface area (Å²) in [5.41, 5.74) is 9.83. The lowest BCUT2D eigenvalue weighted by Gasteiger charge is -2.15. The molecule has 0 aliphatic rings. The van der Waals surface area contributed by atoms with Gasteiger partial charge in [0.1, 0.15) is 11.2 Å². The lowest BCUT2D eigenvalue weighted by molar-refractivity contribution is 0.0601. The second-order valence-electron chi connectivity index (χ2n) is 7.12. The van der Waals surface area contributed by atoms with Gasteiger partial charge in [0, 0.05) is 28.1 Å². The maximum atomic E-state index is 12.5. The predicted octanol–water partition coefficient (Wildman–Crippen LogP) is 5.68. The van der Waals surface area contributed by atoms with Gasteiger partial charge in [-0.25, -0.2) is 4.79 Å². The molecule has 4 aromatic carbocycles. The third kappa shape index (κ3) is 3.20. The summed E-state index contributed by atoms with van der Waals surface area (Å²) < 4.78 is 11.3. The van der Waals surface area contributed by atoms with Crippen LogP contribution in [-0.2, 0) is 4.74 Å². The Balaban J connectivity index is 0.00000231. The fourth-order valence-corrected chi connectivity index (χ4v) is 4.01. The summed E-state index contributed by atoms with van der Waals surface area (Å²) in [5.74, 6) is -0.412. The van der Waals surface area contributed by atoms with Gasteiger partial charge < -0.3 is 20.3 Å². The molecule has 5 aromatic rings. The van der Waals surface area contributed by atoms with E-state index >= 15 is 0 Å². The van der Waals surface area contributed by atoms with Crippen LogP contribution in [0.4, 0.5) is 5.69 Å². The van der Waals surface area contributed by atoms with Crippen molar-refractivity contribution >= 4 is 56.8 Å². The molecule has 154 valence electrons. The van der Waals surface area contributed by atoms with Crippen LogP contribution in [0.15, 0.2) is 77.2 Å². The molecule has 0 amide bonds. The van der Waals surface area contributed by atoms with E-state index in [1.54, 1.807) is 18.2 Å². The summed E-state index contributed by atoms with van der Waals surface area (Å²) in [6.45, 7) is 0. The lowest BCUT2D eigenvalue weighted by Crippen LogP contribution is -2.04. The first-order chi connectivity index (χ1) is 14.6. The lowest BCUT2D eigenvalue weighted by atomic mass is 9.92. The number of anilines is 1. The number of esters is 1. The largest absolute Gasteiger partial charge is 0.465 e. The average Bonchev–Trinajstić information content (AvgIpc) is 2.76. The third-order valence-electron chi connectivity index (χ3n) is 5.36. The van der Waals surface area contributed by atoms with Crippen LogP contribution in [0.25, 0.3) is 43.8 Å². The minimum Gasteiger partial charge on any atom is -0.465 e. The first kappa shape index (κ1) is 20.4. The number of ether oxygens (including phenoxy) is 1. The van der Waals surface area contributed by atoms with Crippen LogP contribution in [0, 0.1) is 5.41 Å². The molecule has 5 rings (SSSR count). The maximum absolute atomic E-state index is 12.5. The first-order valence-corrected chi connectivity index (χ1v) is 9.48. The van der Waals surface area contributed by atoms with Crippen molar-refractivity contribution in [1.29, 1.82) is 5.41 Å². The van der Waals surface area contributed by atoms with Crippen LogP contribution in [-0.4, -0.2) is 13.1 Å². The molecule has 0 fully saturated rings. The Labute approximate surface area is 184 Å². The first-order valence-electron chi connectivity index (χ1n) is 9.48. The van der Waals surface area contributed by atoms with E-state index in [9.17, 15) is 4.79 Å². The molecule has 0 saturated heterocycles. The van der Waals surface area contributed by atoms with E-state index in [-0.39, 0.29) is 12.4 Å². The molecule has 0 aliphatic heterocycles. The van der Waals surface area contributed by atoms with Gasteiger partial charge in [0.2, 0.25) is 0 Å². The van der Waals surface area contributed by atoms with Crippen LogP contribution in [0.5, 0.6) is 0 Å². The van der Waals surface area contributed by atoms with Gasteiger partial charge in [-0.15, -0.1) is 12.4 Å². The molecule has 0 spiro atoms. The summed E-state index contributed by atoms with van der Waals surface area (Å²) in [5, 5.41) is 12.1. The summed E-state index contributed by atoms with van der Waals surface area (Å²) in [7, 11) is 1.37. The molecule has 1 heterocycles. The number of halogens is 1. The van der Waals surface area contributed by atoms with Crippen molar-refractivity contribution in [3.8, 4) is 11.1 Å². The van der Waals surface area contributed by atoms with E-state index in [2.05, 4.69) is 0 Å². The number of rotatable bonds is 2. The third-order valence-corrected chi connectivity index (χ3v) is 5.36. The van der Waals surface area contributed by atoms with Gasteiger partial charge in [-0.05, 0) is 41.3 Å². The second-order valence-corrected chi connectivity index (χ2v) is 7.12. The Morgan fingerprint density at radius 2 is 1.74 bits per heavy atom. The highest BCUT2D eigenvalue weighted by atomic mass is 35.5. The monoisotopic (exact) mass is 430 g/mol. The van der Waals surface area contributed by atoms with Crippen molar-refractivity contribution in [2.45, 2.75) is 0 Å². The Hall–Kier alpha value is -3.83. The standard InChI is InChI=1S/C25H18N2O3.ClH/c1-29-25(28)17-7-3-2-6-16(17)23-18-12-10-15(26)13-21(18)30-24-19(23)11-9-14-5-4-8-20(27)22(14)24;/h2-13,27H,26H2,1H3;1H. The number of benzene rings is 4. The van der Waals surface area contributed by atoms with Gasteiger partial charge in [0.05, 0.1) is 23.4 Å². The number of carbonyl (C=O) groups excluding carboxylic acids is 1. The molecule has 6 heteroatoms. The number of nitrogens with one attached hydrogen (secondary N) is 1. The van der Waals surface area contributed by atoms with Gasteiger partial charge in [0.25, 0.3) is 0 Å². The number of nitrogens with two attached hydrogens (primary N) is 1. The van der Waals surface area contributed by atoms with Gasteiger partial charge >= 0.3 is 5.97 Å². The zero-order valence-corrected chi connectivity index (χ0v) is 17.5. The van der Waals surface area contributed by atoms with Crippen LogP contribution < -0.4 is 11.1 Å². The van der Waals surface area contributed by atoms with Crippen molar-refractivity contribution in [3.05, 3.63) is 83.7 Å². The molecule has 1 aromatic heterocycles. The quantitative estimate of drug-likeness (QED) is 0.163. The van der Waals surface area contributed by atoms with Crippen molar-refractivity contribution in [2.75, 3.05) is 12.8 Å². The molecule has 0 unspecified atom stereocenters. The predicted molar refractivity (Wildman–Crippen MR) is 126 cm³/mol. The highest BCUT2D eigenvalue weighted by Gasteiger charge is 2.20. The van der Waals surface area contributed by atoms with Crippen LogP contribution in [0.2, 0.25) is 0 Å². The Morgan fingerprint density at radius 3 is 2.55 bits per heavy atom. The van der Waals surface area contributed by atoms with E-state index < -0.39 is 5.97 Å². The minimum absolute atomic E-state index is 0. The molecule has 3 N–H and O–H groups in total. The number of carbonyl (C=O) groups is 1. The molecular weight excluding hydrogens is 412 g/mol. The number of hydrogen-bond acceptors (Lipinski definition) is 5. The fourth-order valence-electron chi connectivity index (χ4n) is 4.01. The average molecular weight is 431 g/mol. The topological polar surface area (TPSA) is 89.3 Å². The van der Waals surface area contributed by atoms with Crippen molar-refractivity contribution in [1.82, 2.24) is 0 Å². The summed E-state index contributed by atoms with van der Waals surface area (Å²) >= 11 is 0. The van der Waals surface area contributed by atoms with E-state index in [0.29, 0.717) is 27.8 Å². The van der Waals surface area contributed by atoms with Gasteiger partial charge in [-0.2, -0.15) is 0 Å². The normalized spacial score (nSPS) is 10.9. The molecular formula is C25H19ClN2O3. The smallest absolute Gasteiger partial charge is 0.338 e. The molecule has 5 nitrogen and oxygen atoms in total. The zero-order chi connectivity index (χ0) is 20.8. The number of fused-ring (bicyclic) bond motifs is 4. The van der Waals surface area contributed by atoms with Crippen LogP contribution in [0.3, 0.4) is 0 Å². The number of methoxy groups -OCH3 is 1. The van der Waals surface area contributed by atoms with E-state index in [1.165, 1.54) is 7.11 Å². The summed E-state index contributed by atoms with van der Waals surface area (Å²) in [4.78, 5) is 12.5. The van der Waals surface area contributed by atoms with Crippen molar-refractivity contribution < 1.29 is 13.9 Å². The summed E-state index contributed by atoms with van der Waals surface area (Å²) in [6.07, 6.45) is 0. The minimum atomic E-state index is -0.412. The van der Waals surface area contributed by atoms with E-state index in [0.717, 1.165) is 32.7 Å². The Bertz CT molecular complexity index is 1540. The number of hydrogen-bond donors (Lipinski definition) is 2. The molecule has 0 bridgehead atoms.